The number of halogens is 1. The van der Waals surface area contributed by atoms with Gasteiger partial charge in [-0.15, -0.1) is 0 Å². The Morgan fingerprint density at radius 3 is 2.55 bits per heavy atom. The largest absolute Gasteiger partial charge is 0.396 e. The fourth-order valence-electron chi connectivity index (χ4n) is 2.32. The summed E-state index contributed by atoms with van der Waals surface area (Å²) in [6.45, 7) is 2.18. The highest BCUT2D eigenvalue weighted by molar-refractivity contribution is 6.30. The van der Waals surface area contributed by atoms with Crippen LogP contribution in [0.1, 0.15) is 29.6 Å². The van der Waals surface area contributed by atoms with Crippen molar-refractivity contribution in [2.24, 2.45) is 0 Å². The van der Waals surface area contributed by atoms with Crippen LogP contribution >= 0.6 is 11.6 Å². The summed E-state index contributed by atoms with van der Waals surface area (Å²) in [6, 6.07) is 6.99. The van der Waals surface area contributed by atoms with E-state index in [9.17, 15) is 4.79 Å². The molecule has 1 heterocycles. The van der Waals surface area contributed by atoms with Crippen molar-refractivity contribution in [3.05, 3.63) is 34.9 Å². The van der Waals surface area contributed by atoms with Gasteiger partial charge >= 0.3 is 0 Å². The molecule has 0 aromatic heterocycles. The molecule has 2 rings (SSSR count). The fourth-order valence-corrected chi connectivity index (χ4v) is 2.44. The monoisotopic (exact) mass is 297 g/mol. The summed E-state index contributed by atoms with van der Waals surface area (Å²) in [5, 5.41) is 9.35. The summed E-state index contributed by atoms with van der Waals surface area (Å²) in [7, 11) is 0. The van der Waals surface area contributed by atoms with E-state index in [1.807, 2.05) is 4.90 Å². The van der Waals surface area contributed by atoms with Crippen molar-refractivity contribution in [1.82, 2.24) is 4.90 Å². The Balaban J connectivity index is 1.81. The van der Waals surface area contributed by atoms with Crippen LogP contribution in [0.2, 0.25) is 5.02 Å². The van der Waals surface area contributed by atoms with Gasteiger partial charge in [-0.25, -0.2) is 0 Å². The predicted molar refractivity (Wildman–Crippen MR) is 78.0 cm³/mol. The zero-order valence-corrected chi connectivity index (χ0v) is 12.2. The Labute approximate surface area is 124 Å². The van der Waals surface area contributed by atoms with Gasteiger partial charge in [0.15, 0.2) is 0 Å². The summed E-state index contributed by atoms with van der Waals surface area (Å²) < 4.78 is 5.66. The van der Waals surface area contributed by atoms with E-state index >= 15 is 0 Å². The first-order chi connectivity index (χ1) is 9.70. The molecule has 1 fully saturated rings. The maximum atomic E-state index is 12.3. The van der Waals surface area contributed by atoms with Crippen LogP contribution in [0.5, 0.6) is 0 Å². The molecule has 0 saturated carbocycles. The molecule has 1 aliphatic rings. The van der Waals surface area contributed by atoms with Crippen LogP contribution in [0.3, 0.4) is 0 Å². The van der Waals surface area contributed by atoms with Gasteiger partial charge in [0.05, 0.1) is 6.10 Å². The van der Waals surface area contributed by atoms with Gasteiger partial charge in [-0.1, -0.05) is 11.6 Å². The lowest BCUT2D eigenvalue weighted by Crippen LogP contribution is -2.41. The number of amides is 1. The van der Waals surface area contributed by atoms with E-state index in [0.717, 1.165) is 12.8 Å². The quantitative estimate of drug-likeness (QED) is 0.849. The van der Waals surface area contributed by atoms with Gasteiger partial charge in [-0.2, -0.15) is 0 Å². The topological polar surface area (TPSA) is 49.8 Å². The van der Waals surface area contributed by atoms with Crippen LogP contribution < -0.4 is 0 Å². The van der Waals surface area contributed by atoms with E-state index < -0.39 is 0 Å². The fraction of sp³-hybridized carbons (Fsp3) is 0.533. The van der Waals surface area contributed by atoms with Crippen LogP contribution in [0, 0.1) is 0 Å². The molecule has 20 heavy (non-hydrogen) atoms. The number of carbonyl (C=O) groups excluding carboxylic acids is 1. The molecule has 0 unspecified atom stereocenters. The minimum atomic E-state index is 0.0514. The number of benzene rings is 1. The second-order valence-corrected chi connectivity index (χ2v) is 5.38. The van der Waals surface area contributed by atoms with Crippen molar-refractivity contribution in [3.8, 4) is 0 Å². The third-order valence-corrected chi connectivity index (χ3v) is 3.73. The van der Waals surface area contributed by atoms with Crippen molar-refractivity contribution >= 4 is 17.5 Å². The Bertz CT molecular complexity index is 427. The SMILES string of the molecule is O=C(c1ccc(Cl)cc1)N1CCC(OCCCO)CC1. The molecule has 1 saturated heterocycles. The van der Waals surface area contributed by atoms with Crippen molar-refractivity contribution < 1.29 is 14.6 Å². The smallest absolute Gasteiger partial charge is 0.253 e. The van der Waals surface area contributed by atoms with E-state index in [0.29, 0.717) is 36.7 Å². The Kier molecular flexibility index (Phi) is 5.83. The molecule has 0 aliphatic carbocycles. The van der Waals surface area contributed by atoms with E-state index in [2.05, 4.69) is 0 Å². The molecule has 5 heteroatoms. The normalized spacial score (nSPS) is 16.4. The number of hydrogen-bond acceptors (Lipinski definition) is 3. The highest BCUT2D eigenvalue weighted by Gasteiger charge is 2.23. The highest BCUT2D eigenvalue weighted by atomic mass is 35.5. The third kappa shape index (κ3) is 4.20. The number of carbonyl (C=O) groups is 1. The number of nitrogens with zero attached hydrogens (tertiary/aromatic N) is 1. The van der Waals surface area contributed by atoms with E-state index in [-0.39, 0.29) is 18.6 Å². The zero-order valence-electron chi connectivity index (χ0n) is 11.4. The van der Waals surface area contributed by atoms with Gasteiger partial charge in [-0.05, 0) is 43.5 Å². The van der Waals surface area contributed by atoms with Gasteiger partial charge in [0.1, 0.15) is 0 Å². The number of hydrogen-bond donors (Lipinski definition) is 1. The summed E-state index contributed by atoms with van der Waals surface area (Å²) in [5.41, 5.74) is 0.675. The molecule has 1 aliphatic heterocycles. The summed E-state index contributed by atoms with van der Waals surface area (Å²) in [5.74, 6) is 0.0514. The number of ether oxygens (including phenoxy) is 1. The second-order valence-electron chi connectivity index (χ2n) is 4.95. The predicted octanol–water partition coefficient (Wildman–Crippen LogP) is 2.34. The first kappa shape index (κ1) is 15.3. The molecular formula is C15H20ClNO3. The molecule has 1 aromatic rings. The van der Waals surface area contributed by atoms with Crippen LogP contribution in [0.4, 0.5) is 0 Å². The lowest BCUT2D eigenvalue weighted by atomic mass is 10.1. The number of likely N-dealkylation sites (tertiary alicyclic amines) is 1. The third-order valence-electron chi connectivity index (χ3n) is 3.48. The lowest BCUT2D eigenvalue weighted by molar-refractivity contribution is 0.00398. The summed E-state index contributed by atoms with van der Waals surface area (Å²) in [4.78, 5) is 14.1. The molecule has 1 aromatic carbocycles. The molecule has 0 spiro atoms. The number of piperidine rings is 1. The van der Waals surface area contributed by atoms with Gasteiger partial charge in [0, 0.05) is 36.9 Å². The van der Waals surface area contributed by atoms with Crippen molar-refractivity contribution in [2.45, 2.75) is 25.4 Å². The van der Waals surface area contributed by atoms with Crippen LogP contribution in [-0.4, -0.2) is 48.3 Å². The molecule has 0 atom stereocenters. The van der Waals surface area contributed by atoms with Gasteiger partial charge < -0.3 is 14.7 Å². The standard InChI is InChI=1S/C15H20ClNO3/c16-13-4-2-12(3-5-13)15(19)17-8-6-14(7-9-17)20-11-1-10-18/h2-5,14,18H,1,6-11H2. The number of aliphatic hydroxyl groups is 1. The van der Waals surface area contributed by atoms with E-state index in [1.165, 1.54) is 0 Å². The van der Waals surface area contributed by atoms with Crippen molar-refractivity contribution in [1.29, 1.82) is 0 Å². The van der Waals surface area contributed by atoms with Crippen LogP contribution in [-0.2, 0) is 4.74 Å². The Morgan fingerprint density at radius 2 is 1.95 bits per heavy atom. The van der Waals surface area contributed by atoms with Crippen LogP contribution in [0.25, 0.3) is 0 Å². The molecule has 4 nitrogen and oxygen atoms in total. The molecule has 1 amide bonds. The minimum Gasteiger partial charge on any atom is -0.396 e. The average Bonchev–Trinajstić information content (AvgIpc) is 2.48. The van der Waals surface area contributed by atoms with Crippen molar-refractivity contribution in [2.75, 3.05) is 26.3 Å². The maximum absolute atomic E-state index is 12.3. The summed E-state index contributed by atoms with van der Waals surface area (Å²) in [6.07, 6.45) is 2.58. The second kappa shape index (κ2) is 7.62. The Morgan fingerprint density at radius 1 is 1.30 bits per heavy atom. The van der Waals surface area contributed by atoms with Gasteiger partial charge in [0.2, 0.25) is 0 Å². The molecule has 110 valence electrons. The van der Waals surface area contributed by atoms with E-state index in [1.54, 1.807) is 24.3 Å². The molecule has 0 radical (unpaired) electrons. The van der Waals surface area contributed by atoms with Gasteiger partial charge in [0.25, 0.3) is 5.91 Å². The van der Waals surface area contributed by atoms with Crippen LogP contribution in [0.15, 0.2) is 24.3 Å². The number of rotatable bonds is 5. The first-order valence-electron chi connectivity index (χ1n) is 6.98. The van der Waals surface area contributed by atoms with Crippen molar-refractivity contribution in [3.63, 3.8) is 0 Å². The molecular weight excluding hydrogens is 278 g/mol. The Hall–Kier alpha value is -1.10. The zero-order chi connectivity index (χ0) is 14.4. The first-order valence-corrected chi connectivity index (χ1v) is 7.36. The molecule has 1 N–H and O–H groups in total. The van der Waals surface area contributed by atoms with Gasteiger partial charge in [-0.3, -0.25) is 4.79 Å². The average molecular weight is 298 g/mol. The molecule has 0 bridgehead atoms. The number of aliphatic hydroxyl groups excluding tert-OH is 1. The maximum Gasteiger partial charge on any atom is 0.253 e. The lowest BCUT2D eigenvalue weighted by Gasteiger charge is -2.32. The highest BCUT2D eigenvalue weighted by Crippen LogP contribution is 2.17. The minimum absolute atomic E-state index is 0.0514. The van der Waals surface area contributed by atoms with E-state index in [4.69, 9.17) is 21.4 Å². The summed E-state index contributed by atoms with van der Waals surface area (Å²) >= 11 is 5.82.